The van der Waals surface area contributed by atoms with E-state index >= 15 is 0 Å². The fourth-order valence-corrected chi connectivity index (χ4v) is 5.01. The number of hydrogen-bond donors (Lipinski definition) is 4. The maximum absolute atomic E-state index is 12.9. The number of thiazole rings is 1. The van der Waals surface area contributed by atoms with E-state index < -0.39 is 53.5 Å². The van der Waals surface area contributed by atoms with E-state index in [-0.39, 0.29) is 34.5 Å². The van der Waals surface area contributed by atoms with Crippen molar-refractivity contribution in [2.24, 2.45) is 5.16 Å². The molecule has 2 amide bonds. The van der Waals surface area contributed by atoms with Gasteiger partial charge in [0, 0.05) is 17.1 Å². The molecular weight excluding hydrogens is 530 g/mol. The van der Waals surface area contributed by atoms with E-state index in [0.717, 1.165) is 16.2 Å². The summed E-state index contributed by atoms with van der Waals surface area (Å²) in [6, 6.07) is -1.10. The zero-order valence-corrected chi connectivity index (χ0v) is 20.6. The van der Waals surface area contributed by atoms with Crippen molar-refractivity contribution in [2.75, 3.05) is 24.7 Å². The molecule has 1 aromatic heterocycles. The summed E-state index contributed by atoms with van der Waals surface area (Å²) < 4.78 is 4.67. The van der Waals surface area contributed by atoms with Crippen LogP contribution >= 0.6 is 23.1 Å². The third kappa shape index (κ3) is 6.45. The SMILES string of the molecule is CCOC(=O)C#C/C=C/C1=C(C(=O)O)N2C(=O)[C@@H](NC(=O)/C(=N\OCC(=O)O)c3csc(N)n3)[C@H]2SC1. The van der Waals surface area contributed by atoms with Gasteiger partial charge in [-0.2, -0.15) is 0 Å². The highest BCUT2D eigenvalue weighted by Crippen LogP contribution is 2.40. The Labute approximate surface area is 217 Å². The number of allylic oxidation sites excluding steroid dienone is 2. The van der Waals surface area contributed by atoms with E-state index in [1.165, 1.54) is 29.3 Å². The molecule has 0 aromatic carbocycles. The number of carboxylic acids is 2. The molecule has 0 unspecified atom stereocenters. The van der Waals surface area contributed by atoms with E-state index in [0.29, 0.717) is 0 Å². The van der Waals surface area contributed by atoms with Crippen molar-refractivity contribution in [2.45, 2.75) is 18.3 Å². The lowest BCUT2D eigenvalue weighted by atomic mass is 10.0. The number of thioether (sulfide) groups is 1. The average Bonchev–Trinajstić information content (AvgIpc) is 3.27. The Morgan fingerprint density at radius 2 is 2.14 bits per heavy atom. The first-order valence-electron chi connectivity index (χ1n) is 10.3. The molecule has 0 spiro atoms. The zero-order chi connectivity index (χ0) is 27.1. The average molecular weight is 550 g/mol. The van der Waals surface area contributed by atoms with Crippen LogP contribution in [0.25, 0.3) is 0 Å². The number of carbonyl (C=O) groups is 5. The number of esters is 1. The van der Waals surface area contributed by atoms with Gasteiger partial charge in [-0.1, -0.05) is 11.1 Å². The number of anilines is 1. The Balaban J connectivity index is 1.77. The molecule has 0 aliphatic carbocycles. The largest absolute Gasteiger partial charge is 0.479 e. The topological polar surface area (TPSA) is 211 Å². The molecule has 37 heavy (non-hydrogen) atoms. The maximum atomic E-state index is 12.9. The Kier molecular flexibility index (Phi) is 8.87. The minimum Gasteiger partial charge on any atom is -0.479 e. The molecule has 14 nitrogen and oxygen atoms in total. The number of ether oxygens (including phenoxy) is 1. The molecule has 5 N–H and O–H groups in total. The van der Waals surface area contributed by atoms with Crippen LogP contribution in [0.15, 0.2) is 34.0 Å². The molecular formula is C21H19N5O9S2. The normalized spacial score (nSPS) is 18.9. The second-order valence-electron chi connectivity index (χ2n) is 7.04. The van der Waals surface area contributed by atoms with E-state index in [9.17, 15) is 29.1 Å². The van der Waals surface area contributed by atoms with Gasteiger partial charge in [0.15, 0.2) is 10.8 Å². The Hall–Kier alpha value is -4.36. The minimum atomic E-state index is -1.36. The number of nitrogens with one attached hydrogen (secondary N) is 1. The quantitative estimate of drug-likeness (QED) is 0.0759. The van der Waals surface area contributed by atoms with Crippen LogP contribution in [0.1, 0.15) is 12.6 Å². The molecule has 0 radical (unpaired) electrons. The van der Waals surface area contributed by atoms with Crippen molar-refractivity contribution in [3.8, 4) is 11.8 Å². The second kappa shape index (κ2) is 12.1. The van der Waals surface area contributed by atoms with Crippen LogP contribution in [-0.2, 0) is 33.5 Å². The summed E-state index contributed by atoms with van der Waals surface area (Å²) in [6.07, 6.45) is 2.66. The molecule has 1 saturated heterocycles. The van der Waals surface area contributed by atoms with Gasteiger partial charge >= 0.3 is 17.9 Å². The lowest BCUT2D eigenvalue weighted by Crippen LogP contribution is -2.71. The van der Waals surface area contributed by atoms with Gasteiger partial charge in [0.2, 0.25) is 6.61 Å². The van der Waals surface area contributed by atoms with Gasteiger partial charge in [-0.3, -0.25) is 14.5 Å². The molecule has 0 bridgehead atoms. The number of carboxylic acid groups (broad SMARTS) is 2. The van der Waals surface area contributed by atoms with Crippen molar-refractivity contribution < 1.29 is 43.8 Å². The molecule has 16 heteroatoms. The molecule has 1 aromatic rings. The van der Waals surface area contributed by atoms with Gasteiger partial charge in [0.1, 0.15) is 22.8 Å². The van der Waals surface area contributed by atoms with Gasteiger partial charge in [-0.05, 0) is 24.6 Å². The minimum absolute atomic E-state index is 0.00721. The first kappa shape index (κ1) is 27.2. The Morgan fingerprint density at radius 1 is 1.38 bits per heavy atom. The van der Waals surface area contributed by atoms with Gasteiger partial charge in [0.05, 0.1) is 6.61 Å². The highest BCUT2D eigenvalue weighted by molar-refractivity contribution is 8.00. The lowest BCUT2D eigenvalue weighted by molar-refractivity contribution is -0.150. The Morgan fingerprint density at radius 3 is 2.76 bits per heavy atom. The second-order valence-corrected chi connectivity index (χ2v) is 9.04. The summed E-state index contributed by atoms with van der Waals surface area (Å²) in [4.78, 5) is 69.3. The zero-order valence-electron chi connectivity index (χ0n) is 19.0. The first-order chi connectivity index (χ1) is 17.6. The van der Waals surface area contributed by atoms with Crippen molar-refractivity contribution >= 4 is 63.7 Å². The number of aliphatic carboxylic acids is 2. The monoisotopic (exact) mass is 549 g/mol. The number of carbonyl (C=O) groups excluding carboxylic acids is 3. The Bertz CT molecular complexity index is 1290. The summed E-state index contributed by atoms with van der Waals surface area (Å²) in [5.74, 6) is -0.161. The summed E-state index contributed by atoms with van der Waals surface area (Å²) in [5.41, 5.74) is 5.20. The number of hydrogen-bond acceptors (Lipinski definition) is 12. The molecule has 3 heterocycles. The summed E-state index contributed by atoms with van der Waals surface area (Å²) in [7, 11) is 0. The number of nitrogens with zero attached hydrogens (tertiary/aromatic N) is 3. The molecule has 2 aliphatic heterocycles. The van der Waals surface area contributed by atoms with E-state index in [4.69, 9.17) is 10.8 Å². The fourth-order valence-electron chi connectivity index (χ4n) is 3.14. The number of amides is 2. The van der Waals surface area contributed by atoms with Gasteiger partial charge in [-0.15, -0.1) is 23.1 Å². The molecule has 2 atom stereocenters. The first-order valence-corrected chi connectivity index (χ1v) is 12.3. The predicted molar refractivity (Wildman–Crippen MR) is 130 cm³/mol. The van der Waals surface area contributed by atoms with Crippen molar-refractivity contribution in [1.29, 1.82) is 0 Å². The third-order valence-corrected chi connectivity index (χ3v) is 6.60. The maximum Gasteiger partial charge on any atom is 0.384 e. The third-order valence-electron chi connectivity index (χ3n) is 4.63. The molecule has 3 rings (SSSR count). The lowest BCUT2D eigenvalue weighted by Gasteiger charge is -2.49. The highest BCUT2D eigenvalue weighted by Gasteiger charge is 2.54. The number of nitrogen functional groups attached to an aromatic ring is 1. The fraction of sp³-hybridized carbons (Fsp3) is 0.286. The number of aromatic nitrogens is 1. The van der Waals surface area contributed by atoms with E-state index in [1.54, 1.807) is 6.92 Å². The number of rotatable bonds is 9. The smallest absolute Gasteiger partial charge is 0.384 e. The standard InChI is InChI=1S/C21H19N5O9S2/c1-2-34-13(29)6-4-3-5-10-8-36-19-15(18(31)26(19)16(10)20(32)33)24-17(30)14(25-35-7-12(27)28)11-9-37-21(22)23-11/h3,5,9,15,19H,2,7-8H2,1H3,(H2,22,23)(H,24,30)(H,27,28)(H,32,33)/b5-3+,25-14-/t15-,19-/m1/s1. The van der Waals surface area contributed by atoms with Crippen LogP contribution in [-0.4, -0.2) is 85.9 Å². The van der Waals surface area contributed by atoms with Gasteiger partial charge in [-0.25, -0.2) is 19.4 Å². The van der Waals surface area contributed by atoms with Crippen LogP contribution in [0.4, 0.5) is 5.13 Å². The molecule has 194 valence electrons. The number of fused-ring (bicyclic) bond motifs is 1. The van der Waals surface area contributed by atoms with Crippen LogP contribution in [0.3, 0.4) is 0 Å². The predicted octanol–water partition coefficient (Wildman–Crippen LogP) is -0.608. The van der Waals surface area contributed by atoms with E-state index in [2.05, 4.69) is 36.9 Å². The summed E-state index contributed by atoms with van der Waals surface area (Å²) in [6.45, 7) is 0.974. The molecule has 0 saturated carbocycles. The highest BCUT2D eigenvalue weighted by atomic mass is 32.2. The summed E-state index contributed by atoms with van der Waals surface area (Å²) >= 11 is 2.20. The van der Waals surface area contributed by atoms with E-state index in [1.807, 2.05) is 0 Å². The van der Waals surface area contributed by atoms with Crippen molar-refractivity contribution in [1.82, 2.24) is 15.2 Å². The summed E-state index contributed by atoms with van der Waals surface area (Å²) in [5, 5.41) is 25.2. The van der Waals surface area contributed by atoms with Crippen molar-refractivity contribution in [3.05, 3.63) is 34.5 Å². The van der Waals surface area contributed by atoms with Gasteiger partial charge in [0.25, 0.3) is 11.8 Å². The van der Waals surface area contributed by atoms with Crippen LogP contribution in [0.2, 0.25) is 0 Å². The van der Waals surface area contributed by atoms with Crippen molar-refractivity contribution in [3.63, 3.8) is 0 Å². The number of β-lactam (4-membered cyclic amide) rings is 1. The van der Waals surface area contributed by atoms with Crippen LogP contribution in [0.5, 0.6) is 0 Å². The number of nitrogens with two attached hydrogens (primary N) is 1. The van der Waals surface area contributed by atoms with Crippen LogP contribution < -0.4 is 11.1 Å². The molecule has 1 fully saturated rings. The van der Waals surface area contributed by atoms with Gasteiger partial charge < -0.3 is 30.8 Å². The molecule has 2 aliphatic rings. The van der Waals surface area contributed by atoms with Crippen LogP contribution in [0, 0.1) is 11.8 Å². The number of oxime groups is 1.